The molecule has 0 saturated carbocycles. The van der Waals surface area contributed by atoms with Gasteiger partial charge in [0, 0.05) is 18.1 Å². The minimum Gasteiger partial charge on any atom is -0.381 e. The normalized spacial score (nSPS) is 17.2. The van der Waals surface area contributed by atoms with E-state index in [0.29, 0.717) is 0 Å². The predicted octanol–water partition coefficient (Wildman–Crippen LogP) is 4.63. The second kappa shape index (κ2) is 6.75. The van der Waals surface area contributed by atoms with Crippen LogP contribution in [0.25, 0.3) is 0 Å². The molecule has 0 bridgehead atoms. The van der Waals surface area contributed by atoms with Gasteiger partial charge in [0.1, 0.15) is 0 Å². The molecule has 0 aromatic heterocycles. The van der Waals surface area contributed by atoms with Gasteiger partial charge in [-0.15, -0.1) is 11.6 Å². The van der Waals surface area contributed by atoms with E-state index in [-0.39, 0.29) is 10.3 Å². The number of hydrogen-bond acceptors (Lipinski definition) is 1. The first kappa shape index (κ1) is 15.2. The van der Waals surface area contributed by atoms with E-state index >= 15 is 0 Å². The van der Waals surface area contributed by atoms with Crippen molar-refractivity contribution in [3.05, 3.63) is 0 Å². The average Bonchev–Trinajstić information content (AvgIpc) is 2.57. The van der Waals surface area contributed by atoms with Crippen LogP contribution in [0, 0.1) is 5.41 Å². The summed E-state index contributed by atoms with van der Waals surface area (Å²) in [5.41, 5.74) is 0.253. The van der Waals surface area contributed by atoms with Gasteiger partial charge >= 0.3 is 0 Å². The van der Waals surface area contributed by atoms with Crippen molar-refractivity contribution in [1.82, 2.24) is 0 Å². The van der Waals surface area contributed by atoms with E-state index in [1.165, 1.54) is 25.7 Å². The Kier molecular flexibility index (Phi) is 6.86. The molecule has 1 rings (SSSR count). The second-order valence-corrected chi connectivity index (χ2v) is 6.37. The molecule has 0 N–H and O–H groups in total. The standard InChI is InChI=1S/C9H19Cl.C4H8O/c1-6-7-8(2,3)9(4,5)10;1-2-4-5-3-1/h6-7H2,1-5H3;1-4H2. The maximum Gasteiger partial charge on any atom is 0.0466 e. The van der Waals surface area contributed by atoms with Crippen molar-refractivity contribution in [2.45, 2.75) is 65.2 Å². The van der Waals surface area contributed by atoms with Crippen molar-refractivity contribution < 1.29 is 4.74 Å². The van der Waals surface area contributed by atoms with Crippen LogP contribution in [-0.2, 0) is 4.74 Å². The monoisotopic (exact) mass is 234 g/mol. The van der Waals surface area contributed by atoms with Gasteiger partial charge in [-0.1, -0.05) is 27.2 Å². The smallest absolute Gasteiger partial charge is 0.0466 e. The highest BCUT2D eigenvalue weighted by Crippen LogP contribution is 2.39. The predicted molar refractivity (Wildman–Crippen MR) is 68.7 cm³/mol. The lowest BCUT2D eigenvalue weighted by molar-refractivity contribution is 0.198. The summed E-state index contributed by atoms with van der Waals surface area (Å²) in [5, 5.41) is 0. The van der Waals surface area contributed by atoms with Gasteiger partial charge in [-0.25, -0.2) is 0 Å². The maximum atomic E-state index is 6.20. The van der Waals surface area contributed by atoms with Crippen molar-refractivity contribution in [2.24, 2.45) is 5.41 Å². The van der Waals surface area contributed by atoms with Gasteiger partial charge in [-0.3, -0.25) is 0 Å². The zero-order valence-electron chi connectivity index (χ0n) is 11.0. The fraction of sp³-hybridized carbons (Fsp3) is 1.00. The Morgan fingerprint density at radius 1 is 1.07 bits per heavy atom. The van der Waals surface area contributed by atoms with Crippen molar-refractivity contribution in [1.29, 1.82) is 0 Å². The van der Waals surface area contributed by atoms with E-state index < -0.39 is 0 Å². The Bertz CT molecular complexity index is 147. The number of halogens is 1. The first-order valence-corrected chi connectivity index (χ1v) is 6.45. The van der Waals surface area contributed by atoms with Crippen molar-refractivity contribution in [3.63, 3.8) is 0 Å². The van der Waals surface area contributed by atoms with Crippen LogP contribution in [0.15, 0.2) is 0 Å². The molecule has 1 nitrogen and oxygen atoms in total. The third kappa shape index (κ3) is 6.42. The molecule has 0 spiro atoms. The van der Waals surface area contributed by atoms with E-state index in [1.807, 2.05) is 0 Å². The zero-order valence-corrected chi connectivity index (χ0v) is 11.8. The molecule has 1 aliphatic rings. The van der Waals surface area contributed by atoms with Gasteiger partial charge in [0.05, 0.1) is 0 Å². The summed E-state index contributed by atoms with van der Waals surface area (Å²) < 4.78 is 4.94. The Balaban J connectivity index is 0.000000322. The highest BCUT2D eigenvalue weighted by atomic mass is 35.5. The number of alkyl halides is 1. The Morgan fingerprint density at radius 3 is 1.67 bits per heavy atom. The molecule has 0 aromatic rings. The molecule has 1 aliphatic heterocycles. The van der Waals surface area contributed by atoms with Crippen LogP contribution < -0.4 is 0 Å². The fourth-order valence-electron chi connectivity index (χ4n) is 1.43. The summed E-state index contributed by atoms with van der Waals surface area (Å²) in [6, 6.07) is 0. The molecule has 0 aromatic carbocycles. The molecule has 92 valence electrons. The number of hydrogen-bond donors (Lipinski definition) is 0. The highest BCUT2D eigenvalue weighted by molar-refractivity contribution is 6.23. The molecule has 2 heteroatoms. The third-order valence-electron chi connectivity index (χ3n) is 3.31. The van der Waals surface area contributed by atoms with E-state index in [4.69, 9.17) is 16.3 Å². The van der Waals surface area contributed by atoms with Gasteiger partial charge < -0.3 is 4.74 Å². The number of rotatable bonds is 3. The van der Waals surface area contributed by atoms with Crippen LogP contribution >= 0.6 is 11.6 Å². The molecule has 1 fully saturated rings. The van der Waals surface area contributed by atoms with Crippen LogP contribution in [0.5, 0.6) is 0 Å². The first-order valence-electron chi connectivity index (χ1n) is 6.08. The lowest BCUT2D eigenvalue weighted by Gasteiger charge is -2.36. The maximum absolute atomic E-state index is 6.20. The van der Waals surface area contributed by atoms with Gasteiger partial charge in [0.25, 0.3) is 0 Å². The second-order valence-electron chi connectivity index (χ2n) is 5.43. The fourth-order valence-corrected chi connectivity index (χ4v) is 1.53. The summed E-state index contributed by atoms with van der Waals surface area (Å²) in [6.45, 7) is 12.8. The van der Waals surface area contributed by atoms with Crippen molar-refractivity contribution in [2.75, 3.05) is 13.2 Å². The molecule has 0 radical (unpaired) electrons. The van der Waals surface area contributed by atoms with E-state index in [0.717, 1.165) is 13.2 Å². The third-order valence-corrected chi connectivity index (χ3v) is 3.82. The van der Waals surface area contributed by atoms with Crippen LogP contribution in [0.2, 0.25) is 0 Å². The lowest BCUT2D eigenvalue weighted by Crippen LogP contribution is -2.33. The van der Waals surface area contributed by atoms with Crippen LogP contribution in [0.1, 0.15) is 60.3 Å². The summed E-state index contributed by atoms with van der Waals surface area (Å²) in [5.74, 6) is 0. The molecule has 0 amide bonds. The van der Waals surface area contributed by atoms with Gasteiger partial charge in [-0.2, -0.15) is 0 Å². The highest BCUT2D eigenvalue weighted by Gasteiger charge is 2.33. The van der Waals surface area contributed by atoms with Crippen LogP contribution in [0.4, 0.5) is 0 Å². The average molecular weight is 235 g/mol. The molecule has 0 atom stereocenters. The quantitative estimate of drug-likeness (QED) is 0.648. The zero-order chi connectivity index (χ0) is 11.9. The van der Waals surface area contributed by atoms with Gasteiger partial charge in [0.15, 0.2) is 0 Å². The largest absolute Gasteiger partial charge is 0.381 e. The summed E-state index contributed by atoms with van der Waals surface area (Å²) in [7, 11) is 0. The number of ether oxygens (including phenoxy) is 1. The minimum atomic E-state index is -0.0803. The summed E-state index contributed by atoms with van der Waals surface area (Å²) in [6.07, 6.45) is 4.96. The Hall–Kier alpha value is 0.250. The van der Waals surface area contributed by atoms with Crippen molar-refractivity contribution >= 4 is 11.6 Å². The van der Waals surface area contributed by atoms with E-state index in [1.54, 1.807) is 0 Å². The molecule has 0 unspecified atom stereocenters. The molecule has 15 heavy (non-hydrogen) atoms. The summed E-state index contributed by atoms with van der Waals surface area (Å²) >= 11 is 6.20. The minimum absolute atomic E-state index is 0.0803. The topological polar surface area (TPSA) is 9.23 Å². The Morgan fingerprint density at radius 2 is 1.53 bits per heavy atom. The van der Waals surface area contributed by atoms with Crippen LogP contribution in [0.3, 0.4) is 0 Å². The van der Waals surface area contributed by atoms with E-state index in [9.17, 15) is 0 Å². The molecule has 0 aliphatic carbocycles. The van der Waals surface area contributed by atoms with Crippen LogP contribution in [-0.4, -0.2) is 18.1 Å². The lowest BCUT2D eigenvalue weighted by atomic mass is 9.77. The molecule has 1 heterocycles. The molecular weight excluding hydrogens is 208 g/mol. The van der Waals surface area contributed by atoms with Gasteiger partial charge in [-0.05, 0) is 38.5 Å². The SMILES string of the molecule is C1CCOC1.CCCC(C)(C)C(C)(C)Cl. The first-order chi connectivity index (χ1) is 6.81. The van der Waals surface area contributed by atoms with E-state index in [2.05, 4.69) is 34.6 Å². The van der Waals surface area contributed by atoms with Crippen molar-refractivity contribution in [3.8, 4) is 0 Å². The summed E-state index contributed by atoms with van der Waals surface area (Å²) in [4.78, 5) is -0.0803. The molecule has 1 saturated heterocycles. The molecular formula is C13H27ClO. The Labute approximate surface area is 101 Å². The van der Waals surface area contributed by atoms with Gasteiger partial charge in [0.2, 0.25) is 0 Å².